The predicted molar refractivity (Wildman–Crippen MR) is 55.1 cm³/mol. The lowest BCUT2D eigenvalue weighted by Gasteiger charge is -2.12. The second-order valence-corrected chi connectivity index (χ2v) is 3.36. The number of benzene rings is 1. The highest BCUT2D eigenvalue weighted by atomic mass is 35.5. The maximum absolute atomic E-state index is 9.00. The van der Waals surface area contributed by atoms with Crippen molar-refractivity contribution in [2.75, 3.05) is 12.4 Å². The molecule has 12 heavy (non-hydrogen) atoms. The molecule has 1 atom stereocenters. The molecule has 1 N–H and O–H groups in total. The van der Waals surface area contributed by atoms with Crippen molar-refractivity contribution < 1.29 is 5.11 Å². The van der Waals surface area contributed by atoms with Crippen LogP contribution in [0.15, 0.2) is 24.3 Å². The molecule has 0 spiro atoms. The van der Waals surface area contributed by atoms with Gasteiger partial charge in [0.15, 0.2) is 0 Å². The summed E-state index contributed by atoms with van der Waals surface area (Å²) in [7, 11) is 0. The molecule has 0 aliphatic rings. The summed E-state index contributed by atoms with van der Waals surface area (Å²) >= 11 is 10.1. The molecular weight excluding hydrogens is 192 g/mol. The van der Waals surface area contributed by atoms with Gasteiger partial charge >= 0.3 is 0 Å². The molecule has 1 aromatic carbocycles. The van der Waals surface area contributed by atoms with Crippen LogP contribution in [0.2, 0.25) is 5.02 Å². The highest BCUT2D eigenvalue weighted by Gasteiger charge is 2.10. The van der Waals surface area contributed by atoms with Gasteiger partial charge in [-0.05, 0) is 17.4 Å². The molecule has 0 amide bonds. The molecule has 66 valence electrons. The molecular formula is C9H11ClOS. The largest absolute Gasteiger partial charge is 0.396 e. The average molecular weight is 203 g/mol. The minimum atomic E-state index is 0.0435. The minimum Gasteiger partial charge on any atom is -0.396 e. The summed E-state index contributed by atoms with van der Waals surface area (Å²) in [6.07, 6.45) is 0. The average Bonchev–Trinajstić information content (AvgIpc) is 2.10. The van der Waals surface area contributed by atoms with E-state index in [1.54, 1.807) is 0 Å². The van der Waals surface area contributed by atoms with E-state index >= 15 is 0 Å². The van der Waals surface area contributed by atoms with Gasteiger partial charge < -0.3 is 5.11 Å². The van der Waals surface area contributed by atoms with Crippen molar-refractivity contribution in [2.24, 2.45) is 0 Å². The van der Waals surface area contributed by atoms with Crippen LogP contribution in [0.5, 0.6) is 0 Å². The molecule has 0 bridgehead atoms. The zero-order valence-electron chi connectivity index (χ0n) is 6.57. The fourth-order valence-electron chi connectivity index (χ4n) is 1.06. The van der Waals surface area contributed by atoms with Gasteiger partial charge in [-0.3, -0.25) is 0 Å². The van der Waals surface area contributed by atoms with E-state index in [0.717, 1.165) is 5.56 Å². The summed E-state index contributed by atoms with van der Waals surface area (Å²) in [6, 6.07) is 7.52. The topological polar surface area (TPSA) is 20.2 Å². The van der Waals surface area contributed by atoms with Gasteiger partial charge in [0.05, 0.1) is 6.61 Å². The van der Waals surface area contributed by atoms with E-state index in [0.29, 0.717) is 10.8 Å². The molecule has 1 aromatic rings. The Kier molecular flexibility index (Phi) is 3.92. The highest BCUT2D eigenvalue weighted by molar-refractivity contribution is 7.80. The van der Waals surface area contributed by atoms with E-state index in [4.69, 9.17) is 16.7 Å². The maximum atomic E-state index is 9.00. The van der Waals surface area contributed by atoms with Gasteiger partial charge in [0, 0.05) is 10.9 Å². The van der Waals surface area contributed by atoms with Crippen LogP contribution in [0.25, 0.3) is 0 Å². The summed E-state index contributed by atoms with van der Waals surface area (Å²) in [5.41, 5.74) is 0.969. The van der Waals surface area contributed by atoms with Crippen LogP contribution in [-0.2, 0) is 0 Å². The standard InChI is InChI=1S/C9H11ClOS/c10-9-4-2-1-3-8(9)7(5-11)6-12/h1-4,7,11-12H,5-6H2. The molecule has 0 heterocycles. The van der Waals surface area contributed by atoms with Crippen molar-refractivity contribution in [3.63, 3.8) is 0 Å². The van der Waals surface area contributed by atoms with E-state index in [1.807, 2.05) is 24.3 Å². The molecule has 0 fully saturated rings. The van der Waals surface area contributed by atoms with E-state index in [2.05, 4.69) is 12.6 Å². The Labute approximate surface area is 82.8 Å². The molecule has 1 unspecified atom stereocenters. The monoisotopic (exact) mass is 202 g/mol. The van der Waals surface area contributed by atoms with Crippen molar-refractivity contribution in [3.8, 4) is 0 Å². The molecule has 0 aliphatic heterocycles. The molecule has 0 saturated carbocycles. The number of aliphatic hydroxyl groups is 1. The van der Waals surface area contributed by atoms with Crippen LogP contribution in [0.4, 0.5) is 0 Å². The minimum absolute atomic E-state index is 0.0435. The SMILES string of the molecule is OCC(CS)c1ccccc1Cl. The molecule has 1 rings (SSSR count). The van der Waals surface area contributed by atoms with Gasteiger partial charge in [-0.1, -0.05) is 29.8 Å². The van der Waals surface area contributed by atoms with Gasteiger partial charge in [0.2, 0.25) is 0 Å². The Morgan fingerprint density at radius 1 is 1.42 bits per heavy atom. The van der Waals surface area contributed by atoms with Crippen molar-refractivity contribution in [1.29, 1.82) is 0 Å². The maximum Gasteiger partial charge on any atom is 0.0508 e. The van der Waals surface area contributed by atoms with E-state index in [9.17, 15) is 0 Å². The lowest BCUT2D eigenvalue weighted by atomic mass is 10.0. The van der Waals surface area contributed by atoms with Crippen LogP contribution >= 0.6 is 24.2 Å². The summed E-state index contributed by atoms with van der Waals surface area (Å²) in [5.74, 6) is 0.655. The van der Waals surface area contributed by atoms with Crippen molar-refractivity contribution in [2.45, 2.75) is 5.92 Å². The smallest absolute Gasteiger partial charge is 0.0508 e. The number of aliphatic hydroxyl groups excluding tert-OH is 1. The molecule has 3 heteroatoms. The molecule has 0 radical (unpaired) electrons. The van der Waals surface area contributed by atoms with Gasteiger partial charge in [0.1, 0.15) is 0 Å². The third-order valence-corrected chi connectivity index (χ3v) is 2.57. The summed E-state index contributed by atoms with van der Waals surface area (Å²) in [4.78, 5) is 0. The summed E-state index contributed by atoms with van der Waals surface area (Å²) < 4.78 is 0. The zero-order chi connectivity index (χ0) is 8.97. The van der Waals surface area contributed by atoms with E-state index in [-0.39, 0.29) is 12.5 Å². The first-order valence-corrected chi connectivity index (χ1v) is 4.76. The van der Waals surface area contributed by atoms with Gasteiger partial charge in [0.25, 0.3) is 0 Å². The number of rotatable bonds is 3. The molecule has 1 nitrogen and oxygen atoms in total. The third kappa shape index (κ3) is 2.16. The summed E-state index contributed by atoms with van der Waals surface area (Å²) in [6.45, 7) is 0.0905. The van der Waals surface area contributed by atoms with Crippen LogP contribution in [0.3, 0.4) is 0 Å². The van der Waals surface area contributed by atoms with E-state index in [1.165, 1.54) is 0 Å². The number of thiol groups is 1. The molecule has 0 aromatic heterocycles. The van der Waals surface area contributed by atoms with Crippen molar-refractivity contribution >= 4 is 24.2 Å². The van der Waals surface area contributed by atoms with Crippen LogP contribution < -0.4 is 0 Å². The lowest BCUT2D eigenvalue weighted by Crippen LogP contribution is -2.05. The normalized spacial score (nSPS) is 12.9. The molecule has 0 aliphatic carbocycles. The first-order valence-electron chi connectivity index (χ1n) is 3.75. The highest BCUT2D eigenvalue weighted by Crippen LogP contribution is 2.24. The Morgan fingerprint density at radius 2 is 2.08 bits per heavy atom. The van der Waals surface area contributed by atoms with Crippen molar-refractivity contribution in [1.82, 2.24) is 0 Å². The second-order valence-electron chi connectivity index (χ2n) is 2.58. The van der Waals surface area contributed by atoms with Crippen LogP contribution in [0, 0.1) is 0 Å². The van der Waals surface area contributed by atoms with Crippen LogP contribution in [-0.4, -0.2) is 17.5 Å². The quantitative estimate of drug-likeness (QED) is 0.722. The number of hydrogen-bond donors (Lipinski definition) is 2. The van der Waals surface area contributed by atoms with Crippen molar-refractivity contribution in [3.05, 3.63) is 34.9 Å². The Bertz CT molecular complexity index is 248. The number of hydrogen-bond acceptors (Lipinski definition) is 2. The van der Waals surface area contributed by atoms with E-state index < -0.39 is 0 Å². The zero-order valence-corrected chi connectivity index (χ0v) is 8.22. The number of halogens is 1. The predicted octanol–water partition coefficient (Wildman–Crippen LogP) is 2.35. The third-order valence-electron chi connectivity index (χ3n) is 1.79. The first kappa shape index (κ1) is 9.90. The Hall–Kier alpha value is -0.180. The fourth-order valence-corrected chi connectivity index (χ4v) is 1.66. The first-order chi connectivity index (χ1) is 5.79. The van der Waals surface area contributed by atoms with Crippen LogP contribution in [0.1, 0.15) is 11.5 Å². The Morgan fingerprint density at radius 3 is 2.58 bits per heavy atom. The molecule has 0 saturated heterocycles. The lowest BCUT2D eigenvalue weighted by molar-refractivity contribution is 0.275. The van der Waals surface area contributed by atoms with Gasteiger partial charge in [-0.15, -0.1) is 0 Å². The van der Waals surface area contributed by atoms with Gasteiger partial charge in [-0.25, -0.2) is 0 Å². The second kappa shape index (κ2) is 4.75. The van der Waals surface area contributed by atoms with Gasteiger partial charge in [-0.2, -0.15) is 12.6 Å². The Balaban J connectivity index is 2.92. The summed E-state index contributed by atoms with van der Waals surface area (Å²) in [5, 5.41) is 9.70. The fraction of sp³-hybridized carbons (Fsp3) is 0.333.